The zero-order chi connectivity index (χ0) is 13.0. The van der Waals surface area contributed by atoms with E-state index in [0.29, 0.717) is 16.4 Å². The second-order valence-electron chi connectivity index (χ2n) is 4.09. The van der Waals surface area contributed by atoms with Gasteiger partial charge in [-0.05, 0) is 36.7 Å². The van der Waals surface area contributed by atoms with Crippen molar-refractivity contribution in [3.05, 3.63) is 46.0 Å². The van der Waals surface area contributed by atoms with Crippen LogP contribution < -0.4 is 5.32 Å². The Kier molecular flexibility index (Phi) is 4.75. The van der Waals surface area contributed by atoms with Crippen LogP contribution in [0.5, 0.6) is 0 Å². The van der Waals surface area contributed by atoms with Crippen LogP contribution in [-0.2, 0) is 6.54 Å². The van der Waals surface area contributed by atoms with Crippen molar-refractivity contribution in [1.29, 1.82) is 0 Å². The van der Waals surface area contributed by atoms with Crippen molar-refractivity contribution >= 4 is 22.9 Å². The van der Waals surface area contributed by atoms with Crippen molar-refractivity contribution in [1.82, 2.24) is 5.32 Å². The van der Waals surface area contributed by atoms with Crippen LogP contribution in [0.1, 0.15) is 18.9 Å². The topological polar surface area (TPSA) is 12.0 Å². The summed E-state index contributed by atoms with van der Waals surface area (Å²) in [4.78, 5) is 0.866. The molecule has 2 rings (SSSR count). The van der Waals surface area contributed by atoms with Gasteiger partial charge in [0.1, 0.15) is 5.82 Å². The lowest BCUT2D eigenvalue weighted by Gasteiger charge is -2.06. The first-order chi connectivity index (χ1) is 8.70. The normalized spacial score (nSPS) is 10.8. The third kappa shape index (κ3) is 3.31. The Bertz CT molecular complexity index is 524. The quantitative estimate of drug-likeness (QED) is 0.784. The summed E-state index contributed by atoms with van der Waals surface area (Å²) in [7, 11) is 0. The van der Waals surface area contributed by atoms with Crippen LogP contribution in [0.2, 0.25) is 4.34 Å². The molecule has 0 unspecified atom stereocenters. The van der Waals surface area contributed by atoms with Gasteiger partial charge in [-0.1, -0.05) is 30.7 Å². The summed E-state index contributed by atoms with van der Waals surface area (Å²) in [5, 5.41) is 3.26. The Labute approximate surface area is 116 Å². The molecule has 18 heavy (non-hydrogen) atoms. The lowest BCUT2D eigenvalue weighted by Crippen LogP contribution is -2.13. The fourth-order valence-corrected chi connectivity index (χ4v) is 2.81. The lowest BCUT2D eigenvalue weighted by molar-refractivity contribution is 0.622. The highest BCUT2D eigenvalue weighted by molar-refractivity contribution is 7.19. The first-order valence-electron chi connectivity index (χ1n) is 5.95. The number of hydrogen-bond donors (Lipinski definition) is 1. The van der Waals surface area contributed by atoms with Gasteiger partial charge in [-0.3, -0.25) is 0 Å². The predicted octanol–water partition coefficient (Wildman–Crippen LogP) is 4.71. The molecule has 0 bridgehead atoms. The van der Waals surface area contributed by atoms with E-state index in [4.69, 9.17) is 11.6 Å². The molecule has 1 aromatic carbocycles. The Morgan fingerprint density at radius 3 is 2.72 bits per heavy atom. The van der Waals surface area contributed by atoms with Gasteiger partial charge in [0.25, 0.3) is 0 Å². The van der Waals surface area contributed by atoms with Gasteiger partial charge >= 0.3 is 0 Å². The van der Waals surface area contributed by atoms with Crippen molar-refractivity contribution in [2.45, 2.75) is 19.9 Å². The molecule has 96 valence electrons. The highest BCUT2D eigenvalue weighted by Gasteiger charge is 2.08. The third-order valence-electron chi connectivity index (χ3n) is 2.63. The Morgan fingerprint density at radius 1 is 1.28 bits per heavy atom. The molecule has 2 aromatic rings. The minimum absolute atomic E-state index is 0.190. The van der Waals surface area contributed by atoms with Gasteiger partial charge in [-0.25, -0.2) is 4.39 Å². The van der Waals surface area contributed by atoms with Crippen molar-refractivity contribution in [2.75, 3.05) is 6.54 Å². The van der Waals surface area contributed by atoms with E-state index in [-0.39, 0.29) is 5.82 Å². The Hall–Kier alpha value is -0.900. The van der Waals surface area contributed by atoms with Crippen LogP contribution in [0.25, 0.3) is 10.4 Å². The number of halogens is 2. The average Bonchev–Trinajstić information content (AvgIpc) is 2.76. The number of thiophene rings is 1. The Morgan fingerprint density at radius 2 is 2.11 bits per heavy atom. The highest BCUT2D eigenvalue weighted by atomic mass is 35.5. The van der Waals surface area contributed by atoms with E-state index in [1.54, 1.807) is 12.1 Å². The fourth-order valence-electron chi connectivity index (χ4n) is 1.74. The number of hydrogen-bond acceptors (Lipinski definition) is 2. The van der Waals surface area contributed by atoms with Crippen LogP contribution in [0, 0.1) is 5.82 Å². The average molecular weight is 284 g/mol. The maximum atomic E-state index is 14.0. The summed E-state index contributed by atoms with van der Waals surface area (Å²) in [6.45, 7) is 3.76. The molecule has 1 nitrogen and oxygen atoms in total. The van der Waals surface area contributed by atoms with Crippen LogP contribution in [0.15, 0.2) is 30.3 Å². The van der Waals surface area contributed by atoms with E-state index in [9.17, 15) is 4.39 Å². The van der Waals surface area contributed by atoms with Gasteiger partial charge in [0.05, 0.1) is 4.34 Å². The number of rotatable bonds is 5. The van der Waals surface area contributed by atoms with Gasteiger partial charge in [0.2, 0.25) is 0 Å². The smallest absolute Gasteiger partial charge is 0.132 e. The van der Waals surface area contributed by atoms with Crippen LogP contribution in [0.3, 0.4) is 0 Å². The van der Waals surface area contributed by atoms with Gasteiger partial charge in [-0.15, -0.1) is 11.3 Å². The van der Waals surface area contributed by atoms with Crippen molar-refractivity contribution in [3.8, 4) is 10.4 Å². The SMILES string of the molecule is CCCNCc1ccc(-c2ccc(Cl)s2)c(F)c1. The monoisotopic (exact) mass is 283 g/mol. The van der Waals surface area contributed by atoms with E-state index in [2.05, 4.69) is 12.2 Å². The lowest BCUT2D eigenvalue weighted by atomic mass is 10.1. The summed E-state index contributed by atoms with van der Waals surface area (Å²) in [6.07, 6.45) is 1.08. The number of nitrogens with one attached hydrogen (secondary N) is 1. The second kappa shape index (κ2) is 6.32. The molecule has 1 aromatic heterocycles. The minimum Gasteiger partial charge on any atom is -0.313 e. The summed E-state index contributed by atoms with van der Waals surface area (Å²) in [5.41, 5.74) is 1.58. The van der Waals surface area contributed by atoms with Gasteiger partial charge < -0.3 is 5.32 Å². The summed E-state index contributed by atoms with van der Waals surface area (Å²) in [6, 6.07) is 9.00. The maximum Gasteiger partial charge on any atom is 0.132 e. The van der Waals surface area contributed by atoms with Crippen LogP contribution in [0.4, 0.5) is 4.39 Å². The first-order valence-corrected chi connectivity index (χ1v) is 7.15. The molecule has 4 heteroatoms. The first kappa shape index (κ1) is 13.5. The molecule has 0 atom stereocenters. The van der Waals surface area contributed by atoms with Crippen LogP contribution in [-0.4, -0.2) is 6.54 Å². The summed E-state index contributed by atoms with van der Waals surface area (Å²) >= 11 is 7.26. The molecule has 1 N–H and O–H groups in total. The molecule has 0 saturated carbocycles. The van der Waals surface area contributed by atoms with Crippen molar-refractivity contribution < 1.29 is 4.39 Å². The third-order valence-corrected chi connectivity index (χ3v) is 3.89. The molecule has 0 aliphatic heterocycles. The van der Waals surface area contributed by atoms with Gasteiger partial charge in [-0.2, -0.15) is 0 Å². The zero-order valence-electron chi connectivity index (χ0n) is 10.2. The highest BCUT2D eigenvalue weighted by Crippen LogP contribution is 2.32. The van der Waals surface area contributed by atoms with E-state index in [1.165, 1.54) is 11.3 Å². The second-order valence-corrected chi connectivity index (χ2v) is 5.81. The zero-order valence-corrected chi connectivity index (χ0v) is 11.7. The molecule has 0 spiro atoms. The standard InChI is InChI=1S/C14H15ClFNS/c1-2-7-17-9-10-3-4-11(12(16)8-10)13-5-6-14(15)18-13/h3-6,8,17H,2,7,9H2,1H3. The largest absolute Gasteiger partial charge is 0.313 e. The summed E-state index contributed by atoms with van der Waals surface area (Å²) in [5.74, 6) is -0.190. The molecule has 0 saturated heterocycles. The molecule has 0 radical (unpaired) electrons. The molecule has 1 heterocycles. The molecule has 0 aliphatic carbocycles. The number of benzene rings is 1. The van der Waals surface area contributed by atoms with E-state index in [0.717, 1.165) is 23.4 Å². The molecule has 0 amide bonds. The minimum atomic E-state index is -0.190. The maximum absolute atomic E-state index is 14.0. The summed E-state index contributed by atoms with van der Waals surface area (Å²) < 4.78 is 14.7. The van der Waals surface area contributed by atoms with Crippen molar-refractivity contribution in [3.63, 3.8) is 0 Å². The predicted molar refractivity (Wildman–Crippen MR) is 76.7 cm³/mol. The van der Waals surface area contributed by atoms with E-state index in [1.807, 2.05) is 18.2 Å². The molecule has 0 aliphatic rings. The van der Waals surface area contributed by atoms with Gasteiger partial charge in [0, 0.05) is 17.0 Å². The van der Waals surface area contributed by atoms with E-state index >= 15 is 0 Å². The van der Waals surface area contributed by atoms with Gasteiger partial charge in [0.15, 0.2) is 0 Å². The Balaban J connectivity index is 2.15. The molecular formula is C14H15ClFNS. The fraction of sp³-hybridized carbons (Fsp3) is 0.286. The molecule has 0 fully saturated rings. The van der Waals surface area contributed by atoms with E-state index < -0.39 is 0 Å². The van der Waals surface area contributed by atoms with Crippen LogP contribution >= 0.6 is 22.9 Å². The molecular weight excluding hydrogens is 269 g/mol. The van der Waals surface area contributed by atoms with Crippen molar-refractivity contribution in [2.24, 2.45) is 0 Å².